The van der Waals surface area contributed by atoms with Gasteiger partial charge in [-0.2, -0.15) is 105 Å². The van der Waals surface area contributed by atoms with E-state index >= 15 is 0 Å². The van der Waals surface area contributed by atoms with Crippen molar-refractivity contribution in [2.75, 3.05) is 0 Å². The summed E-state index contributed by atoms with van der Waals surface area (Å²) >= 11 is 0. The molecule has 0 aliphatic rings. The third kappa shape index (κ3) is 12.7. The normalized spacial score (nSPS) is 15.6. The van der Waals surface area contributed by atoms with Gasteiger partial charge in [0.1, 0.15) is 0 Å². The molecule has 0 amide bonds. The summed E-state index contributed by atoms with van der Waals surface area (Å²) in [7, 11) is -10.6. The second kappa shape index (κ2) is 18.9. The Bertz CT molecular complexity index is 1770. The summed E-state index contributed by atoms with van der Waals surface area (Å²) in [5, 5.41) is 40.0. The molecule has 0 saturated carbocycles. The summed E-state index contributed by atoms with van der Waals surface area (Å²) < 4.78 is 347. The van der Waals surface area contributed by atoms with E-state index in [0.29, 0.717) is 0 Å². The van der Waals surface area contributed by atoms with E-state index in [9.17, 15) is 126 Å². The number of rotatable bonds is 16. The predicted molar refractivity (Wildman–Crippen MR) is 198 cm³/mol. The molecule has 0 bridgehead atoms. The van der Waals surface area contributed by atoms with Gasteiger partial charge in [-0.3, -0.25) is 0 Å². The lowest BCUT2D eigenvalue weighted by molar-refractivity contribution is -0.379. The van der Waals surface area contributed by atoms with E-state index < -0.39 is 180 Å². The highest BCUT2D eigenvalue weighted by Crippen LogP contribution is 2.56. The van der Waals surface area contributed by atoms with Gasteiger partial charge in [0.05, 0.1) is 0 Å². The Labute approximate surface area is 377 Å². The Hall–Kier alpha value is -2.83. The van der Waals surface area contributed by atoms with Gasteiger partial charge in [0.25, 0.3) is 22.4 Å². The molecule has 0 aliphatic carbocycles. The molecule has 4 N–H and O–H groups in total. The summed E-state index contributed by atoms with van der Waals surface area (Å²) in [6.45, 7) is 8.60. The minimum Gasteiger partial charge on any atom is -0.436 e. The maximum atomic E-state index is 13.9. The van der Waals surface area contributed by atoms with Crippen molar-refractivity contribution in [2.24, 2.45) is 0 Å². The molecule has 2 aromatic carbocycles. The highest BCUT2D eigenvalue weighted by atomic mass is 28.5. The van der Waals surface area contributed by atoms with Gasteiger partial charge in [-0.25, -0.2) is 0 Å². The zero-order valence-electron chi connectivity index (χ0n) is 35.9. The van der Waals surface area contributed by atoms with Gasteiger partial charge in [0.2, 0.25) is 0 Å². The van der Waals surface area contributed by atoms with Crippen molar-refractivity contribution >= 4 is 25.2 Å². The van der Waals surface area contributed by atoms with E-state index in [4.69, 9.17) is 8.23 Å². The lowest BCUT2D eigenvalue weighted by atomic mass is 9.83. The van der Waals surface area contributed by atoms with Crippen molar-refractivity contribution < 1.29 is 134 Å². The number of aliphatic hydroxyl groups is 4. The lowest BCUT2D eigenvalue weighted by Crippen LogP contribution is -2.56. The van der Waals surface area contributed by atoms with Crippen LogP contribution < -0.4 is 0 Å². The Morgan fingerprint density at radius 3 is 0.652 bits per heavy atom. The minimum absolute atomic E-state index is 0.281. The summed E-state index contributed by atoms with van der Waals surface area (Å²) in [6, 6.07) is -4.51. The van der Waals surface area contributed by atoms with Crippen LogP contribution in [0.25, 0.3) is 0 Å². The first-order valence-electron chi connectivity index (χ1n) is 19.1. The molecule has 0 unspecified atom stereocenters. The molecule has 33 heteroatoms. The topological polar surface area (TPSA) is 99.4 Å². The highest BCUT2D eigenvalue weighted by Gasteiger charge is 2.76. The van der Waals surface area contributed by atoms with Gasteiger partial charge >= 0.3 is 58.0 Å². The standard InChI is InChI=1S/C36H40F24O6Si3/c1-67(2,3)65-69(66-68(4,5)6,11-7-9-19-13-21(25(61,29(37,38)39)30(40,41)42)17-22(14-19)26(62,31(43,44)45)32(46,47)48)12-8-10-20-15-23(27(63,33(49,50)51)34(52,53)54)18-24(16-20)28(64,35(55,56)57)36(58,59)60/h13-18,61-64H,7-12H2,1-6H3. The predicted octanol–water partition coefficient (Wildman–Crippen LogP) is 12.6. The molecule has 0 spiro atoms. The van der Waals surface area contributed by atoms with Crippen molar-refractivity contribution in [3.8, 4) is 0 Å². The molecule has 2 aromatic rings. The summed E-state index contributed by atoms with van der Waals surface area (Å²) in [5.74, 6) is 0. The first kappa shape index (κ1) is 62.3. The number of aryl methyl sites for hydroxylation is 2. The molecule has 0 heterocycles. The molecule has 0 saturated heterocycles. The van der Waals surface area contributed by atoms with Crippen molar-refractivity contribution in [2.45, 2.75) is 149 Å². The number of benzene rings is 2. The van der Waals surface area contributed by atoms with Crippen LogP contribution in [0.15, 0.2) is 36.4 Å². The number of hydrogen-bond acceptors (Lipinski definition) is 6. The Morgan fingerprint density at radius 1 is 0.333 bits per heavy atom. The van der Waals surface area contributed by atoms with Crippen LogP contribution in [-0.2, 0) is 43.5 Å². The van der Waals surface area contributed by atoms with Crippen LogP contribution in [0.1, 0.15) is 46.2 Å². The molecule has 0 atom stereocenters. The smallest absolute Gasteiger partial charge is 0.430 e. The van der Waals surface area contributed by atoms with Crippen molar-refractivity contribution in [1.82, 2.24) is 0 Å². The minimum atomic E-state index is -6.91. The van der Waals surface area contributed by atoms with Crippen LogP contribution in [0, 0.1) is 0 Å². The number of hydrogen-bond donors (Lipinski definition) is 4. The van der Waals surface area contributed by atoms with Gasteiger partial charge in [0.15, 0.2) is 16.6 Å². The van der Waals surface area contributed by atoms with E-state index in [-0.39, 0.29) is 24.3 Å². The summed E-state index contributed by atoms with van der Waals surface area (Å²) in [4.78, 5) is 0. The Balaban J connectivity index is 2.95. The second-order valence-electron chi connectivity index (χ2n) is 17.7. The second-order valence-corrected chi connectivity index (χ2v) is 30.6. The maximum absolute atomic E-state index is 13.9. The molecule has 0 radical (unpaired) electrons. The average molecular weight is 1110 g/mol. The van der Waals surface area contributed by atoms with Gasteiger partial charge in [-0.1, -0.05) is 24.3 Å². The largest absolute Gasteiger partial charge is 0.436 e. The van der Waals surface area contributed by atoms with Crippen molar-refractivity contribution in [1.29, 1.82) is 0 Å². The number of halogens is 24. The maximum Gasteiger partial charge on any atom is 0.430 e. The van der Waals surface area contributed by atoms with Gasteiger partial charge in [-0.05, 0) is 100 Å². The molecular weight excluding hydrogens is 1070 g/mol. The highest BCUT2D eigenvalue weighted by molar-refractivity contribution is 6.88. The Morgan fingerprint density at radius 2 is 0.507 bits per heavy atom. The van der Waals surface area contributed by atoms with Crippen LogP contribution in [-0.4, -0.2) is 95.0 Å². The molecule has 0 fully saturated rings. The van der Waals surface area contributed by atoms with Crippen molar-refractivity contribution in [3.63, 3.8) is 0 Å². The quantitative estimate of drug-likeness (QED) is 0.0987. The molecule has 0 aliphatic heterocycles. The zero-order chi connectivity index (χ0) is 54.9. The van der Waals surface area contributed by atoms with E-state index in [1.54, 1.807) is 0 Å². The Kier molecular flexibility index (Phi) is 17.1. The molecule has 0 aromatic heterocycles. The fraction of sp³-hybridized carbons (Fsp3) is 0.667. The van der Waals surface area contributed by atoms with Gasteiger partial charge < -0.3 is 28.7 Å². The lowest BCUT2D eigenvalue weighted by Gasteiger charge is -2.41. The summed E-state index contributed by atoms with van der Waals surface area (Å²) in [5.41, 5.74) is -38.0. The summed E-state index contributed by atoms with van der Waals surface area (Å²) in [6.07, 6.45) is -59.2. The van der Waals surface area contributed by atoms with Crippen LogP contribution in [0.4, 0.5) is 105 Å². The zero-order valence-corrected chi connectivity index (χ0v) is 38.9. The van der Waals surface area contributed by atoms with E-state index in [0.717, 1.165) is 0 Å². The molecule has 6 nitrogen and oxygen atoms in total. The third-order valence-corrected chi connectivity index (χ3v) is 20.1. The van der Waals surface area contributed by atoms with Crippen LogP contribution in [0.5, 0.6) is 0 Å². The van der Waals surface area contributed by atoms with Gasteiger partial charge in [0, 0.05) is 22.3 Å². The van der Waals surface area contributed by atoms with Crippen LogP contribution in [0.2, 0.25) is 51.4 Å². The molecule has 2 rings (SSSR count). The third-order valence-electron chi connectivity index (χ3n) is 9.97. The SMILES string of the molecule is C[Si](C)(C)O[Si](CCCc1cc(C(O)(C(F)(F)F)C(F)(F)F)cc(C(O)(C(F)(F)F)C(F)(F)F)c1)(CCCc1cc(C(O)(C(F)(F)F)C(F)(F)F)cc(C(O)(C(F)(F)F)C(F)(F)F)c1)O[Si](C)(C)C. The fourth-order valence-corrected chi connectivity index (χ4v) is 19.8. The molecule has 69 heavy (non-hydrogen) atoms. The fourth-order valence-electron chi connectivity index (χ4n) is 7.05. The number of alkyl halides is 24. The van der Waals surface area contributed by atoms with E-state index in [1.165, 1.54) is 39.3 Å². The van der Waals surface area contributed by atoms with Crippen molar-refractivity contribution in [3.05, 3.63) is 69.8 Å². The average Bonchev–Trinajstić information content (AvgIpc) is 3.07. The first-order valence-corrected chi connectivity index (χ1v) is 28.2. The van der Waals surface area contributed by atoms with Crippen LogP contribution >= 0.6 is 0 Å². The van der Waals surface area contributed by atoms with Gasteiger partial charge in [-0.15, -0.1) is 0 Å². The first-order chi connectivity index (χ1) is 30.0. The van der Waals surface area contributed by atoms with E-state index in [2.05, 4.69) is 0 Å². The van der Waals surface area contributed by atoms with Crippen LogP contribution in [0.3, 0.4) is 0 Å². The van der Waals surface area contributed by atoms with E-state index in [1.807, 2.05) is 0 Å². The molecular formula is C36H40F24O6Si3. The monoisotopic (exact) mass is 1110 g/mol. The molecule has 400 valence electrons.